The number of hydrogen-bond acceptors (Lipinski definition) is 5. The number of carbonyl (C=O) groups excluding carboxylic acids is 2. The molecule has 0 radical (unpaired) electrons. The molecule has 4 rings (SSSR count). The second-order valence-corrected chi connectivity index (χ2v) is 8.30. The van der Waals surface area contributed by atoms with Gasteiger partial charge in [0.25, 0.3) is 0 Å². The van der Waals surface area contributed by atoms with Gasteiger partial charge in [-0.25, -0.2) is 4.98 Å². The number of nitrogens with zero attached hydrogens (tertiary/aromatic N) is 2. The zero-order valence-electron chi connectivity index (χ0n) is 17.9. The average Bonchev–Trinajstić information content (AvgIpc) is 3.15. The fourth-order valence-electron chi connectivity index (χ4n) is 3.78. The Morgan fingerprint density at radius 1 is 1.19 bits per heavy atom. The maximum absolute atomic E-state index is 12.7. The molecule has 1 aliphatic heterocycles. The normalized spacial score (nSPS) is 15.4. The van der Waals surface area contributed by atoms with E-state index in [9.17, 15) is 9.59 Å². The summed E-state index contributed by atoms with van der Waals surface area (Å²) in [4.78, 5) is 34.6. The Labute approximate surface area is 191 Å². The molecule has 1 aliphatic rings. The molecule has 32 heavy (non-hydrogen) atoms. The summed E-state index contributed by atoms with van der Waals surface area (Å²) < 4.78 is 5.39. The molecule has 9 heteroatoms. The molecule has 3 N–H and O–H groups in total. The molecule has 2 amide bonds. The van der Waals surface area contributed by atoms with Crippen LogP contribution in [0.4, 0.5) is 5.69 Å². The number of halogens is 1. The highest BCUT2D eigenvalue weighted by Gasteiger charge is 2.18. The fraction of sp³-hybridized carbons (Fsp3) is 0.348. The van der Waals surface area contributed by atoms with Crippen LogP contribution in [0.15, 0.2) is 42.5 Å². The summed E-state index contributed by atoms with van der Waals surface area (Å²) in [6, 6.07) is 12.2. The van der Waals surface area contributed by atoms with Crippen LogP contribution in [-0.2, 0) is 20.9 Å². The highest BCUT2D eigenvalue weighted by atomic mass is 35.5. The molecule has 3 aromatic rings. The van der Waals surface area contributed by atoms with Crippen LogP contribution in [0.2, 0.25) is 5.02 Å². The molecule has 0 bridgehead atoms. The third-order valence-electron chi connectivity index (χ3n) is 5.33. The van der Waals surface area contributed by atoms with Gasteiger partial charge in [-0.3, -0.25) is 14.5 Å². The summed E-state index contributed by atoms with van der Waals surface area (Å²) in [6.07, 6.45) is 0.102. The van der Waals surface area contributed by atoms with Crippen molar-refractivity contribution in [1.29, 1.82) is 0 Å². The highest BCUT2D eigenvalue weighted by Crippen LogP contribution is 2.22. The van der Waals surface area contributed by atoms with Gasteiger partial charge in [0.15, 0.2) is 0 Å². The van der Waals surface area contributed by atoms with Crippen molar-refractivity contribution in [1.82, 2.24) is 20.2 Å². The molecule has 1 fully saturated rings. The van der Waals surface area contributed by atoms with E-state index in [4.69, 9.17) is 16.3 Å². The van der Waals surface area contributed by atoms with Crippen molar-refractivity contribution in [3.05, 3.63) is 58.9 Å². The molecule has 0 aliphatic carbocycles. The van der Waals surface area contributed by atoms with Gasteiger partial charge in [-0.05, 0) is 35.9 Å². The van der Waals surface area contributed by atoms with E-state index in [1.165, 1.54) is 6.92 Å². The van der Waals surface area contributed by atoms with Crippen LogP contribution in [-0.4, -0.2) is 53.0 Å². The van der Waals surface area contributed by atoms with Crippen LogP contribution in [0, 0.1) is 0 Å². The van der Waals surface area contributed by atoms with E-state index in [0.717, 1.165) is 55.3 Å². The Balaban J connectivity index is 1.42. The second-order valence-electron chi connectivity index (χ2n) is 7.86. The first-order valence-corrected chi connectivity index (χ1v) is 11.0. The maximum atomic E-state index is 12.7. The first-order chi connectivity index (χ1) is 15.5. The van der Waals surface area contributed by atoms with Crippen LogP contribution in [0.1, 0.15) is 30.8 Å². The summed E-state index contributed by atoms with van der Waals surface area (Å²) in [7, 11) is 0. The Morgan fingerprint density at radius 3 is 2.66 bits per heavy atom. The molecule has 0 spiro atoms. The molecule has 1 unspecified atom stereocenters. The number of morpholine rings is 1. The zero-order valence-corrected chi connectivity index (χ0v) is 18.6. The molecule has 1 aromatic heterocycles. The third kappa shape index (κ3) is 5.85. The Bertz CT molecular complexity index is 1090. The number of carbonyl (C=O) groups is 2. The van der Waals surface area contributed by atoms with Gasteiger partial charge in [0.1, 0.15) is 5.82 Å². The Kier molecular flexibility index (Phi) is 7.04. The molecular weight excluding hydrogens is 430 g/mol. The van der Waals surface area contributed by atoms with E-state index in [2.05, 4.69) is 25.5 Å². The number of aromatic nitrogens is 2. The summed E-state index contributed by atoms with van der Waals surface area (Å²) in [5.74, 6) is 0.481. The van der Waals surface area contributed by atoms with E-state index in [-0.39, 0.29) is 18.2 Å². The minimum atomic E-state index is -0.444. The van der Waals surface area contributed by atoms with E-state index in [1.54, 1.807) is 12.1 Å². The van der Waals surface area contributed by atoms with Crippen LogP contribution in [0.3, 0.4) is 0 Å². The van der Waals surface area contributed by atoms with Crippen LogP contribution >= 0.6 is 11.6 Å². The van der Waals surface area contributed by atoms with Gasteiger partial charge in [0.2, 0.25) is 11.8 Å². The van der Waals surface area contributed by atoms with E-state index in [0.29, 0.717) is 10.7 Å². The fourth-order valence-corrected chi connectivity index (χ4v) is 3.90. The molecule has 2 aromatic carbocycles. The zero-order chi connectivity index (χ0) is 22.5. The first kappa shape index (κ1) is 22.3. The van der Waals surface area contributed by atoms with Gasteiger partial charge in [-0.2, -0.15) is 0 Å². The summed E-state index contributed by atoms with van der Waals surface area (Å²) in [5, 5.41) is 6.35. The number of hydrogen-bond donors (Lipinski definition) is 3. The summed E-state index contributed by atoms with van der Waals surface area (Å²) >= 11 is 5.96. The number of anilines is 1. The molecule has 168 valence electrons. The number of fused-ring (bicyclic) bond motifs is 1. The topological polar surface area (TPSA) is 99.3 Å². The number of H-pyrrole nitrogens is 1. The number of rotatable bonds is 7. The summed E-state index contributed by atoms with van der Waals surface area (Å²) in [5.41, 5.74) is 3.20. The lowest BCUT2D eigenvalue weighted by molar-refractivity contribution is -0.120. The van der Waals surface area contributed by atoms with Crippen molar-refractivity contribution >= 4 is 40.1 Å². The molecule has 1 saturated heterocycles. The largest absolute Gasteiger partial charge is 0.379 e. The van der Waals surface area contributed by atoms with Gasteiger partial charge in [-0.1, -0.05) is 23.7 Å². The number of ether oxygens (including phenoxy) is 1. The lowest BCUT2D eigenvalue weighted by Gasteiger charge is -2.25. The molecule has 0 saturated carbocycles. The van der Waals surface area contributed by atoms with Crippen LogP contribution in [0.5, 0.6) is 0 Å². The van der Waals surface area contributed by atoms with E-state index >= 15 is 0 Å². The molecule has 8 nitrogen and oxygen atoms in total. The highest BCUT2D eigenvalue weighted by molar-refractivity contribution is 6.30. The molecule has 1 atom stereocenters. The monoisotopic (exact) mass is 455 g/mol. The van der Waals surface area contributed by atoms with Crippen molar-refractivity contribution in [2.45, 2.75) is 25.9 Å². The Hall–Kier alpha value is -2.94. The maximum Gasteiger partial charge on any atom is 0.226 e. The smallest absolute Gasteiger partial charge is 0.226 e. The Morgan fingerprint density at radius 2 is 1.94 bits per heavy atom. The van der Waals surface area contributed by atoms with Gasteiger partial charge in [0, 0.05) is 30.7 Å². The second kappa shape index (κ2) is 10.1. The van der Waals surface area contributed by atoms with Crippen LogP contribution in [0.25, 0.3) is 11.0 Å². The van der Waals surface area contributed by atoms with Gasteiger partial charge >= 0.3 is 0 Å². The minimum absolute atomic E-state index is 0.102. The predicted octanol–water partition coefficient (Wildman–Crippen LogP) is 3.25. The number of nitrogens with one attached hydrogen (secondary N) is 3. The van der Waals surface area contributed by atoms with Crippen molar-refractivity contribution in [3.63, 3.8) is 0 Å². The van der Waals surface area contributed by atoms with Crippen molar-refractivity contribution in [2.24, 2.45) is 0 Å². The van der Waals surface area contributed by atoms with Gasteiger partial charge in [0.05, 0.1) is 43.3 Å². The van der Waals surface area contributed by atoms with Gasteiger partial charge in [-0.15, -0.1) is 0 Å². The lowest BCUT2D eigenvalue weighted by Crippen LogP contribution is -2.35. The standard InChI is InChI=1S/C23H26ClN5O3/c1-15(30)25-20(16-2-4-17(24)5-3-16)13-23(31)26-18-6-7-19-21(12-18)28-22(27-19)14-29-8-10-32-11-9-29/h2-7,12,20H,8-11,13-14H2,1H3,(H,25,30)(H,26,31)(H,27,28). The SMILES string of the molecule is CC(=O)NC(CC(=O)Nc1ccc2nc(CN3CCOCC3)[nH]c2c1)c1ccc(Cl)cc1. The van der Waals surface area contributed by atoms with Gasteiger partial charge < -0.3 is 20.4 Å². The summed E-state index contributed by atoms with van der Waals surface area (Å²) in [6.45, 7) is 5.43. The average molecular weight is 456 g/mol. The van der Waals surface area contributed by atoms with Crippen molar-refractivity contribution in [2.75, 3.05) is 31.6 Å². The first-order valence-electron chi connectivity index (χ1n) is 10.6. The molecule has 2 heterocycles. The number of aromatic amines is 1. The minimum Gasteiger partial charge on any atom is -0.379 e. The third-order valence-corrected chi connectivity index (χ3v) is 5.58. The van der Waals surface area contributed by atoms with Crippen LogP contribution < -0.4 is 10.6 Å². The predicted molar refractivity (Wildman–Crippen MR) is 123 cm³/mol. The number of benzene rings is 2. The van der Waals surface area contributed by atoms with E-state index < -0.39 is 6.04 Å². The van der Waals surface area contributed by atoms with Crippen molar-refractivity contribution in [3.8, 4) is 0 Å². The van der Waals surface area contributed by atoms with E-state index in [1.807, 2.05) is 30.3 Å². The quantitative estimate of drug-likeness (QED) is 0.508. The van der Waals surface area contributed by atoms with Crippen molar-refractivity contribution < 1.29 is 14.3 Å². The molecular formula is C23H26ClN5O3. The number of amides is 2. The lowest BCUT2D eigenvalue weighted by atomic mass is 10.0. The number of imidazole rings is 1.